The number of halogens is 1. The highest BCUT2D eigenvalue weighted by atomic mass is 32.1. The van der Waals surface area contributed by atoms with E-state index in [0.717, 1.165) is 5.56 Å². The second kappa shape index (κ2) is 8.30. The molecule has 0 saturated carbocycles. The first-order chi connectivity index (χ1) is 13.3. The minimum absolute atomic E-state index is 0.0171. The summed E-state index contributed by atoms with van der Waals surface area (Å²) in [5, 5.41) is 7.50. The van der Waals surface area contributed by atoms with Crippen molar-refractivity contribution < 1.29 is 18.4 Å². The summed E-state index contributed by atoms with van der Waals surface area (Å²) in [5.41, 5.74) is 0.998. The first-order valence-electron chi connectivity index (χ1n) is 8.57. The Bertz CT molecular complexity index is 985. The second-order valence-electron chi connectivity index (χ2n) is 6.57. The molecule has 0 saturated heterocycles. The molecule has 7 nitrogen and oxygen atoms in total. The van der Waals surface area contributed by atoms with Crippen LogP contribution in [0.25, 0.3) is 0 Å². The zero-order valence-electron chi connectivity index (χ0n) is 15.5. The van der Waals surface area contributed by atoms with Crippen LogP contribution < -0.4 is 10.6 Å². The number of nitrogens with one attached hydrogen (secondary N) is 2. The van der Waals surface area contributed by atoms with E-state index in [9.17, 15) is 14.0 Å². The Labute approximate surface area is 165 Å². The van der Waals surface area contributed by atoms with E-state index in [4.69, 9.17) is 4.42 Å². The van der Waals surface area contributed by atoms with Crippen molar-refractivity contribution in [2.45, 2.75) is 26.8 Å². The van der Waals surface area contributed by atoms with Crippen molar-refractivity contribution in [3.63, 3.8) is 0 Å². The Morgan fingerprint density at radius 1 is 1.25 bits per heavy atom. The SMILES string of the molecule is Cc1ccc(NC(=O)c2csc([C@@H](NC(=O)c3cnco3)C(C)C)n2)c(F)c1. The third-order valence-electron chi connectivity index (χ3n) is 4.00. The lowest BCUT2D eigenvalue weighted by Gasteiger charge is -2.19. The molecule has 2 amide bonds. The van der Waals surface area contributed by atoms with Crippen molar-refractivity contribution in [3.05, 3.63) is 64.0 Å². The molecule has 0 aliphatic heterocycles. The normalized spacial score (nSPS) is 12.0. The van der Waals surface area contributed by atoms with Gasteiger partial charge in [-0.1, -0.05) is 19.9 Å². The van der Waals surface area contributed by atoms with E-state index < -0.39 is 23.7 Å². The quantitative estimate of drug-likeness (QED) is 0.650. The maximum atomic E-state index is 13.9. The Morgan fingerprint density at radius 2 is 2.04 bits per heavy atom. The van der Waals surface area contributed by atoms with E-state index >= 15 is 0 Å². The van der Waals surface area contributed by atoms with Crippen LogP contribution in [0.4, 0.5) is 10.1 Å². The number of carbonyl (C=O) groups is 2. The number of carbonyl (C=O) groups excluding carboxylic acids is 2. The minimum Gasteiger partial charge on any atom is -0.438 e. The average molecular weight is 402 g/mol. The van der Waals surface area contributed by atoms with Crippen molar-refractivity contribution in [2.24, 2.45) is 5.92 Å². The molecule has 146 valence electrons. The van der Waals surface area contributed by atoms with Crippen LogP contribution >= 0.6 is 11.3 Å². The van der Waals surface area contributed by atoms with Gasteiger partial charge in [0.25, 0.3) is 11.8 Å². The summed E-state index contributed by atoms with van der Waals surface area (Å²) < 4.78 is 19.0. The number of nitrogens with zero attached hydrogens (tertiary/aromatic N) is 2. The number of hydrogen-bond donors (Lipinski definition) is 2. The van der Waals surface area contributed by atoms with Gasteiger partial charge in [-0.2, -0.15) is 0 Å². The molecule has 2 aromatic heterocycles. The second-order valence-corrected chi connectivity index (χ2v) is 7.46. The molecule has 1 atom stereocenters. The Hall–Kier alpha value is -3.07. The molecule has 9 heteroatoms. The van der Waals surface area contributed by atoms with E-state index in [1.165, 1.54) is 36.1 Å². The third kappa shape index (κ3) is 4.42. The van der Waals surface area contributed by atoms with E-state index in [0.29, 0.717) is 5.01 Å². The van der Waals surface area contributed by atoms with E-state index in [1.54, 1.807) is 18.4 Å². The van der Waals surface area contributed by atoms with Crippen LogP contribution in [0.2, 0.25) is 0 Å². The highest BCUT2D eigenvalue weighted by Crippen LogP contribution is 2.26. The number of oxazole rings is 1. The Kier molecular flexibility index (Phi) is 5.84. The largest absolute Gasteiger partial charge is 0.438 e. The highest BCUT2D eigenvalue weighted by Gasteiger charge is 2.25. The fourth-order valence-corrected chi connectivity index (χ4v) is 3.52. The summed E-state index contributed by atoms with van der Waals surface area (Å²) in [6.07, 6.45) is 2.50. The van der Waals surface area contributed by atoms with Crippen molar-refractivity contribution in [1.82, 2.24) is 15.3 Å². The van der Waals surface area contributed by atoms with Crippen LogP contribution in [0.1, 0.15) is 51.5 Å². The number of anilines is 1. The number of aryl methyl sites for hydroxylation is 1. The number of rotatable bonds is 6. The van der Waals surface area contributed by atoms with Gasteiger partial charge in [-0.15, -0.1) is 11.3 Å². The van der Waals surface area contributed by atoms with E-state index in [1.807, 2.05) is 13.8 Å². The summed E-state index contributed by atoms with van der Waals surface area (Å²) in [5.74, 6) is -1.34. The lowest BCUT2D eigenvalue weighted by Crippen LogP contribution is -2.31. The maximum Gasteiger partial charge on any atom is 0.289 e. The molecule has 0 spiro atoms. The van der Waals surface area contributed by atoms with Gasteiger partial charge < -0.3 is 15.1 Å². The van der Waals surface area contributed by atoms with Crippen LogP contribution in [0.3, 0.4) is 0 Å². The van der Waals surface area contributed by atoms with Gasteiger partial charge >= 0.3 is 0 Å². The Balaban J connectivity index is 1.74. The first-order valence-corrected chi connectivity index (χ1v) is 9.45. The number of hydrogen-bond acceptors (Lipinski definition) is 6. The summed E-state index contributed by atoms with van der Waals surface area (Å²) in [4.78, 5) is 32.7. The maximum absolute atomic E-state index is 13.9. The van der Waals surface area contributed by atoms with E-state index in [-0.39, 0.29) is 23.1 Å². The van der Waals surface area contributed by atoms with Crippen molar-refractivity contribution >= 4 is 28.8 Å². The molecule has 2 heterocycles. The highest BCUT2D eigenvalue weighted by molar-refractivity contribution is 7.10. The van der Waals surface area contributed by atoms with Gasteiger partial charge in [-0.25, -0.2) is 14.4 Å². The van der Waals surface area contributed by atoms with Gasteiger partial charge in [0.15, 0.2) is 6.39 Å². The molecule has 0 bridgehead atoms. The van der Waals surface area contributed by atoms with Gasteiger partial charge in [0.2, 0.25) is 5.76 Å². The average Bonchev–Trinajstić information content (AvgIpc) is 3.33. The molecule has 2 N–H and O–H groups in total. The number of amides is 2. The number of thiazole rings is 1. The number of benzene rings is 1. The Morgan fingerprint density at radius 3 is 2.68 bits per heavy atom. The zero-order chi connectivity index (χ0) is 20.3. The monoisotopic (exact) mass is 402 g/mol. The smallest absolute Gasteiger partial charge is 0.289 e. The van der Waals surface area contributed by atoms with Gasteiger partial charge in [-0.3, -0.25) is 9.59 Å². The molecule has 0 aliphatic rings. The van der Waals surface area contributed by atoms with Crippen LogP contribution in [0.15, 0.2) is 40.6 Å². The van der Waals surface area contributed by atoms with Gasteiger partial charge in [-0.05, 0) is 30.5 Å². The van der Waals surface area contributed by atoms with Crippen LogP contribution in [0, 0.1) is 18.7 Å². The predicted octanol–water partition coefficient (Wildman–Crippen LogP) is 3.96. The molecule has 0 radical (unpaired) electrons. The molecule has 0 unspecified atom stereocenters. The fourth-order valence-electron chi connectivity index (χ4n) is 2.50. The molecule has 1 aromatic carbocycles. The molecule has 0 fully saturated rings. The van der Waals surface area contributed by atoms with Gasteiger partial charge in [0.1, 0.15) is 16.5 Å². The van der Waals surface area contributed by atoms with E-state index in [2.05, 4.69) is 20.6 Å². The molecule has 0 aliphatic carbocycles. The summed E-state index contributed by atoms with van der Waals surface area (Å²) >= 11 is 1.24. The zero-order valence-corrected chi connectivity index (χ0v) is 16.3. The first kappa shape index (κ1) is 19.7. The summed E-state index contributed by atoms with van der Waals surface area (Å²) in [6, 6.07) is 4.14. The summed E-state index contributed by atoms with van der Waals surface area (Å²) in [6.45, 7) is 5.61. The van der Waals surface area contributed by atoms with Crippen molar-refractivity contribution in [2.75, 3.05) is 5.32 Å². The topological polar surface area (TPSA) is 97.1 Å². The lowest BCUT2D eigenvalue weighted by molar-refractivity contribution is 0.0897. The lowest BCUT2D eigenvalue weighted by atomic mass is 10.1. The summed E-state index contributed by atoms with van der Waals surface area (Å²) in [7, 11) is 0. The van der Waals surface area contributed by atoms with Crippen molar-refractivity contribution in [1.29, 1.82) is 0 Å². The molecule has 3 aromatic rings. The third-order valence-corrected chi connectivity index (χ3v) is 4.93. The fraction of sp³-hybridized carbons (Fsp3) is 0.263. The van der Waals surface area contributed by atoms with Crippen LogP contribution in [-0.4, -0.2) is 21.8 Å². The van der Waals surface area contributed by atoms with Gasteiger partial charge in [0.05, 0.1) is 17.9 Å². The minimum atomic E-state index is -0.519. The predicted molar refractivity (Wildman–Crippen MR) is 103 cm³/mol. The van der Waals surface area contributed by atoms with Crippen LogP contribution in [-0.2, 0) is 0 Å². The number of aromatic nitrogens is 2. The molecule has 3 rings (SSSR count). The molecule has 28 heavy (non-hydrogen) atoms. The van der Waals surface area contributed by atoms with Crippen molar-refractivity contribution in [3.8, 4) is 0 Å². The standard InChI is InChI=1S/C19H19FN4O3S/c1-10(2)16(24-18(26)15-7-21-9-27-15)19-23-14(8-28-19)17(25)22-13-5-4-11(3)6-12(13)20/h4-10,16H,1-3H3,(H,22,25)(H,24,26)/t16-/m0/s1. The molecular weight excluding hydrogens is 383 g/mol. The molecular formula is C19H19FN4O3S. The van der Waals surface area contributed by atoms with Crippen LogP contribution in [0.5, 0.6) is 0 Å². The van der Waals surface area contributed by atoms with Gasteiger partial charge in [0, 0.05) is 5.38 Å².